The van der Waals surface area contributed by atoms with Gasteiger partial charge in [0.1, 0.15) is 11.4 Å². The average molecular weight is 400 g/mol. The first-order chi connectivity index (χ1) is 10.8. The molecule has 0 saturated carbocycles. The van der Waals surface area contributed by atoms with Gasteiger partial charge in [-0.3, -0.25) is 4.79 Å². The quantitative estimate of drug-likeness (QED) is 0.774. The molecule has 7 nitrogen and oxygen atoms in total. The summed E-state index contributed by atoms with van der Waals surface area (Å²) in [5.74, 6) is -0.0619. The summed E-state index contributed by atoms with van der Waals surface area (Å²) >= 11 is 3.15. The minimum absolute atomic E-state index is 0.0771. The summed E-state index contributed by atoms with van der Waals surface area (Å²) in [4.78, 5) is 19.9. The zero-order valence-corrected chi connectivity index (χ0v) is 14.8. The number of carbonyl (C=O) groups excluding carboxylic acids is 1. The first-order valence-electron chi connectivity index (χ1n) is 6.58. The molecule has 0 spiro atoms. The van der Waals surface area contributed by atoms with Crippen LogP contribution in [0.3, 0.4) is 0 Å². The summed E-state index contributed by atoms with van der Waals surface area (Å²) in [5, 5.41) is 2.24. The van der Waals surface area contributed by atoms with Crippen LogP contribution in [0.25, 0.3) is 0 Å². The van der Waals surface area contributed by atoms with Crippen molar-refractivity contribution in [2.45, 2.75) is 12.1 Å². The fourth-order valence-corrected chi connectivity index (χ4v) is 2.59. The fraction of sp³-hybridized carbons (Fsp3) is 0.214. The molecule has 0 saturated heterocycles. The number of aromatic nitrogens is 2. The monoisotopic (exact) mass is 399 g/mol. The van der Waals surface area contributed by atoms with Crippen LogP contribution in [0.5, 0.6) is 5.75 Å². The number of halogens is 1. The normalized spacial score (nSPS) is 11.1. The van der Waals surface area contributed by atoms with E-state index < -0.39 is 20.9 Å². The first kappa shape index (κ1) is 17.4. The van der Waals surface area contributed by atoms with Gasteiger partial charge in [-0.05, 0) is 35.0 Å². The van der Waals surface area contributed by atoms with Crippen molar-refractivity contribution in [2.24, 2.45) is 0 Å². The molecular formula is C14H14BrN3O4S. The van der Waals surface area contributed by atoms with Gasteiger partial charge in [0.2, 0.25) is 15.0 Å². The van der Waals surface area contributed by atoms with E-state index in [2.05, 4.69) is 31.2 Å². The highest BCUT2D eigenvalue weighted by Crippen LogP contribution is 2.25. The lowest BCUT2D eigenvalue weighted by atomic mass is 10.2. The molecule has 0 aliphatic heterocycles. The third-order valence-electron chi connectivity index (χ3n) is 2.70. The van der Waals surface area contributed by atoms with Crippen LogP contribution in [0.2, 0.25) is 0 Å². The average Bonchev–Trinajstić information content (AvgIpc) is 2.48. The second-order valence-corrected chi connectivity index (χ2v) is 7.27. The highest BCUT2D eigenvalue weighted by atomic mass is 79.9. The lowest BCUT2D eigenvalue weighted by Gasteiger charge is -2.11. The standard InChI is InChI=1S/C14H14BrN3O4S/c1-3-22-11-7-5-4-6-10(11)17-13(19)12-9(15)8-16-14(18-12)23(2,20)21/h4-8H,3H2,1-2H3,(H,17,19). The Kier molecular flexibility index (Phi) is 5.32. The molecule has 0 unspecified atom stereocenters. The van der Waals surface area contributed by atoms with Gasteiger partial charge in [0.05, 0.1) is 16.8 Å². The molecule has 0 atom stereocenters. The summed E-state index contributed by atoms with van der Waals surface area (Å²) in [6, 6.07) is 6.92. The summed E-state index contributed by atoms with van der Waals surface area (Å²) in [7, 11) is -3.61. The van der Waals surface area contributed by atoms with Gasteiger partial charge < -0.3 is 10.1 Å². The first-order valence-corrected chi connectivity index (χ1v) is 9.27. The number of sulfone groups is 1. The molecule has 1 heterocycles. The van der Waals surface area contributed by atoms with Crippen LogP contribution in [0.1, 0.15) is 17.4 Å². The number of benzene rings is 1. The Balaban J connectivity index is 2.35. The number of anilines is 1. The van der Waals surface area contributed by atoms with Gasteiger partial charge in [0, 0.05) is 12.5 Å². The molecule has 122 valence electrons. The number of hydrogen-bond donors (Lipinski definition) is 1. The molecule has 0 aliphatic rings. The number of nitrogens with zero attached hydrogens (tertiary/aromatic N) is 2. The van der Waals surface area contributed by atoms with E-state index in [9.17, 15) is 13.2 Å². The molecule has 1 N–H and O–H groups in total. The van der Waals surface area contributed by atoms with Gasteiger partial charge in [-0.1, -0.05) is 12.1 Å². The lowest BCUT2D eigenvalue weighted by Crippen LogP contribution is -2.17. The van der Waals surface area contributed by atoms with E-state index in [1.807, 2.05) is 6.92 Å². The van der Waals surface area contributed by atoms with E-state index in [1.54, 1.807) is 24.3 Å². The van der Waals surface area contributed by atoms with Gasteiger partial charge >= 0.3 is 0 Å². The van der Waals surface area contributed by atoms with Crippen LogP contribution >= 0.6 is 15.9 Å². The van der Waals surface area contributed by atoms with E-state index in [4.69, 9.17) is 4.74 Å². The van der Waals surface area contributed by atoms with E-state index in [0.29, 0.717) is 18.0 Å². The number of amides is 1. The number of ether oxygens (including phenoxy) is 1. The van der Waals surface area contributed by atoms with Crippen molar-refractivity contribution in [1.82, 2.24) is 9.97 Å². The largest absolute Gasteiger partial charge is 0.492 e. The minimum atomic E-state index is -3.61. The van der Waals surface area contributed by atoms with Crippen molar-refractivity contribution in [2.75, 3.05) is 18.2 Å². The topological polar surface area (TPSA) is 98.2 Å². The second kappa shape index (κ2) is 7.05. The second-order valence-electron chi connectivity index (χ2n) is 4.50. The molecule has 0 fully saturated rings. The SMILES string of the molecule is CCOc1ccccc1NC(=O)c1nc(S(C)(=O)=O)ncc1Br. The predicted octanol–water partition coefficient (Wildman–Crippen LogP) is 2.29. The highest BCUT2D eigenvalue weighted by molar-refractivity contribution is 9.10. The maximum atomic E-state index is 12.4. The maximum absolute atomic E-state index is 12.4. The van der Waals surface area contributed by atoms with Crippen LogP contribution in [0.4, 0.5) is 5.69 Å². The Morgan fingerprint density at radius 3 is 2.70 bits per heavy atom. The van der Waals surface area contributed by atoms with Crippen LogP contribution in [-0.4, -0.2) is 37.2 Å². The summed E-state index contributed by atoms with van der Waals surface area (Å²) in [6.07, 6.45) is 2.20. The van der Waals surface area contributed by atoms with E-state index in [1.165, 1.54) is 6.20 Å². The third-order valence-corrected chi connectivity index (χ3v) is 4.14. The Labute approximate surface area is 142 Å². The van der Waals surface area contributed by atoms with Crippen molar-refractivity contribution >= 4 is 37.4 Å². The molecule has 0 bridgehead atoms. The van der Waals surface area contributed by atoms with E-state index in [-0.39, 0.29) is 10.2 Å². The van der Waals surface area contributed by atoms with Gasteiger partial charge in [0.25, 0.3) is 5.91 Å². The van der Waals surface area contributed by atoms with Gasteiger partial charge in [0.15, 0.2) is 0 Å². The number of nitrogens with one attached hydrogen (secondary N) is 1. The van der Waals surface area contributed by atoms with Crippen molar-refractivity contribution in [3.63, 3.8) is 0 Å². The summed E-state index contributed by atoms with van der Waals surface area (Å²) in [5.41, 5.74) is 0.387. The predicted molar refractivity (Wildman–Crippen MR) is 88.4 cm³/mol. The zero-order valence-electron chi connectivity index (χ0n) is 12.4. The minimum Gasteiger partial charge on any atom is -0.492 e. The molecule has 2 aromatic rings. The van der Waals surface area contributed by atoms with Crippen molar-refractivity contribution in [3.8, 4) is 5.75 Å². The van der Waals surface area contributed by atoms with Crippen molar-refractivity contribution in [1.29, 1.82) is 0 Å². The summed E-state index contributed by atoms with van der Waals surface area (Å²) in [6.45, 7) is 2.28. The number of carbonyl (C=O) groups is 1. The Hall–Kier alpha value is -2.00. The molecular weight excluding hydrogens is 386 g/mol. The number of para-hydroxylation sites is 2. The number of hydrogen-bond acceptors (Lipinski definition) is 6. The fourth-order valence-electron chi connectivity index (χ4n) is 1.72. The van der Waals surface area contributed by atoms with Crippen molar-refractivity contribution < 1.29 is 17.9 Å². The Morgan fingerprint density at radius 2 is 2.04 bits per heavy atom. The summed E-state index contributed by atoms with van der Waals surface area (Å²) < 4.78 is 28.8. The van der Waals surface area contributed by atoms with Crippen LogP contribution in [0, 0.1) is 0 Å². The van der Waals surface area contributed by atoms with Gasteiger partial charge in [-0.2, -0.15) is 0 Å². The maximum Gasteiger partial charge on any atom is 0.275 e. The van der Waals surface area contributed by atoms with Gasteiger partial charge in [-0.15, -0.1) is 0 Å². The molecule has 1 aromatic heterocycles. The van der Waals surface area contributed by atoms with Crippen LogP contribution in [0.15, 0.2) is 40.1 Å². The van der Waals surface area contributed by atoms with Crippen LogP contribution < -0.4 is 10.1 Å². The molecule has 9 heteroatoms. The molecule has 1 aromatic carbocycles. The zero-order chi connectivity index (χ0) is 17.0. The lowest BCUT2D eigenvalue weighted by molar-refractivity contribution is 0.102. The van der Waals surface area contributed by atoms with Crippen LogP contribution in [-0.2, 0) is 9.84 Å². The molecule has 0 aliphatic carbocycles. The molecule has 23 heavy (non-hydrogen) atoms. The molecule has 0 radical (unpaired) electrons. The Morgan fingerprint density at radius 1 is 1.35 bits per heavy atom. The molecule has 1 amide bonds. The van der Waals surface area contributed by atoms with E-state index in [0.717, 1.165) is 6.26 Å². The third kappa shape index (κ3) is 4.26. The highest BCUT2D eigenvalue weighted by Gasteiger charge is 2.19. The van der Waals surface area contributed by atoms with Crippen molar-refractivity contribution in [3.05, 3.63) is 40.6 Å². The van der Waals surface area contributed by atoms with Gasteiger partial charge in [-0.25, -0.2) is 18.4 Å². The Bertz CT molecular complexity index is 840. The number of rotatable bonds is 5. The smallest absolute Gasteiger partial charge is 0.275 e. The molecule has 2 rings (SSSR count). The van der Waals surface area contributed by atoms with E-state index >= 15 is 0 Å².